The number of benzene rings is 3. The fraction of sp³-hybridized carbons (Fsp3) is 0.125. The minimum atomic E-state index is 0.0170. The summed E-state index contributed by atoms with van der Waals surface area (Å²) in [6.07, 6.45) is 0. The van der Waals surface area contributed by atoms with Gasteiger partial charge >= 0.3 is 0 Å². The van der Waals surface area contributed by atoms with E-state index in [0.717, 1.165) is 28.7 Å². The molecule has 1 aromatic heterocycles. The van der Waals surface area contributed by atoms with E-state index in [4.69, 9.17) is 16.6 Å². The number of phenols is 1. The first kappa shape index (κ1) is 20.0. The van der Waals surface area contributed by atoms with Gasteiger partial charge in [-0.3, -0.25) is 0 Å². The SMILES string of the molecule is CN(C)Cc1ccc(N=C(c2ccc(O)cc2)c2c(O)[nH]c3cc(Cl)ccc23)cc1. The highest BCUT2D eigenvalue weighted by Crippen LogP contribution is 2.33. The van der Waals surface area contributed by atoms with Gasteiger partial charge in [-0.2, -0.15) is 0 Å². The Bertz CT molecular complexity index is 1210. The highest BCUT2D eigenvalue weighted by atomic mass is 35.5. The number of aromatic hydroxyl groups is 2. The van der Waals surface area contributed by atoms with Gasteiger partial charge in [0.05, 0.1) is 22.5 Å². The maximum absolute atomic E-state index is 10.7. The maximum Gasteiger partial charge on any atom is 0.199 e. The summed E-state index contributed by atoms with van der Waals surface area (Å²) in [5, 5.41) is 21.8. The van der Waals surface area contributed by atoms with Crippen LogP contribution < -0.4 is 0 Å². The second-order valence-corrected chi connectivity index (χ2v) is 7.89. The lowest BCUT2D eigenvalue weighted by molar-refractivity contribution is 0.402. The topological polar surface area (TPSA) is 71.8 Å². The van der Waals surface area contributed by atoms with Crippen molar-refractivity contribution < 1.29 is 10.2 Å². The minimum absolute atomic E-state index is 0.0170. The van der Waals surface area contributed by atoms with E-state index in [1.54, 1.807) is 36.4 Å². The minimum Gasteiger partial charge on any atom is -0.508 e. The average molecular weight is 420 g/mol. The number of aromatic amines is 1. The van der Waals surface area contributed by atoms with Crippen LogP contribution in [0.3, 0.4) is 0 Å². The molecule has 6 heteroatoms. The molecule has 30 heavy (non-hydrogen) atoms. The van der Waals surface area contributed by atoms with Crippen LogP contribution in [-0.4, -0.2) is 39.9 Å². The molecule has 0 amide bonds. The molecule has 0 aliphatic carbocycles. The van der Waals surface area contributed by atoms with E-state index in [0.29, 0.717) is 16.3 Å². The smallest absolute Gasteiger partial charge is 0.199 e. The van der Waals surface area contributed by atoms with Crippen molar-refractivity contribution in [2.24, 2.45) is 4.99 Å². The molecule has 4 aromatic rings. The monoisotopic (exact) mass is 419 g/mol. The van der Waals surface area contributed by atoms with E-state index in [2.05, 4.69) is 9.88 Å². The lowest BCUT2D eigenvalue weighted by Crippen LogP contribution is -2.10. The van der Waals surface area contributed by atoms with E-state index in [1.807, 2.05) is 44.4 Å². The second-order valence-electron chi connectivity index (χ2n) is 7.45. The predicted molar refractivity (Wildman–Crippen MR) is 122 cm³/mol. The Balaban J connectivity index is 1.87. The maximum atomic E-state index is 10.7. The normalized spacial score (nSPS) is 12.1. The summed E-state index contributed by atoms with van der Waals surface area (Å²) in [5.41, 5.74) is 4.64. The van der Waals surface area contributed by atoms with Crippen LogP contribution in [0.1, 0.15) is 16.7 Å². The van der Waals surface area contributed by atoms with Crippen LogP contribution >= 0.6 is 11.6 Å². The van der Waals surface area contributed by atoms with Crippen molar-refractivity contribution in [3.8, 4) is 11.6 Å². The quantitative estimate of drug-likeness (QED) is 0.376. The number of rotatable bonds is 5. The molecule has 0 atom stereocenters. The summed E-state index contributed by atoms with van der Waals surface area (Å²) in [6.45, 7) is 0.846. The third-order valence-corrected chi connectivity index (χ3v) is 5.03. The van der Waals surface area contributed by atoms with Gasteiger partial charge in [0.25, 0.3) is 0 Å². The Labute approximate surface area is 179 Å². The molecule has 3 aromatic carbocycles. The molecule has 0 bridgehead atoms. The average Bonchev–Trinajstić information content (AvgIpc) is 3.02. The number of H-pyrrole nitrogens is 1. The number of aliphatic imine (C=N–C) groups is 1. The van der Waals surface area contributed by atoms with Crippen LogP contribution in [0.2, 0.25) is 5.02 Å². The Hall–Kier alpha value is -3.28. The van der Waals surface area contributed by atoms with Gasteiger partial charge in [-0.25, -0.2) is 4.99 Å². The molecular weight excluding hydrogens is 398 g/mol. The molecule has 0 fully saturated rings. The molecule has 0 spiro atoms. The van der Waals surface area contributed by atoms with Gasteiger partial charge in [-0.05, 0) is 68.2 Å². The first-order valence-corrected chi connectivity index (χ1v) is 9.91. The van der Waals surface area contributed by atoms with Crippen LogP contribution in [0, 0.1) is 0 Å². The molecule has 4 rings (SSSR count). The summed E-state index contributed by atoms with van der Waals surface area (Å²) in [6, 6.07) is 20.2. The molecule has 0 unspecified atom stereocenters. The number of hydrogen-bond donors (Lipinski definition) is 3. The lowest BCUT2D eigenvalue weighted by Gasteiger charge is -2.10. The van der Waals surface area contributed by atoms with Crippen LogP contribution in [0.5, 0.6) is 11.6 Å². The van der Waals surface area contributed by atoms with Crippen molar-refractivity contribution in [1.82, 2.24) is 9.88 Å². The molecule has 0 aliphatic rings. The van der Waals surface area contributed by atoms with Gasteiger partial charge in [0, 0.05) is 22.5 Å². The summed E-state index contributed by atoms with van der Waals surface area (Å²) in [4.78, 5) is 9.95. The molecule has 0 saturated heterocycles. The summed E-state index contributed by atoms with van der Waals surface area (Å²) < 4.78 is 0. The number of nitrogens with one attached hydrogen (secondary N) is 1. The first-order valence-electron chi connectivity index (χ1n) is 9.53. The largest absolute Gasteiger partial charge is 0.508 e. The van der Waals surface area contributed by atoms with E-state index in [1.165, 1.54) is 5.56 Å². The second kappa shape index (κ2) is 8.22. The number of aromatic nitrogens is 1. The van der Waals surface area contributed by atoms with Gasteiger partial charge in [0.15, 0.2) is 5.88 Å². The van der Waals surface area contributed by atoms with Crippen LogP contribution in [0.4, 0.5) is 5.69 Å². The summed E-state index contributed by atoms with van der Waals surface area (Å²) in [5.74, 6) is 0.185. The number of halogens is 1. The van der Waals surface area contributed by atoms with Crippen LogP contribution in [0.15, 0.2) is 71.7 Å². The van der Waals surface area contributed by atoms with Crippen molar-refractivity contribution in [2.45, 2.75) is 6.54 Å². The molecule has 1 heterocycles. The zero-order valence-corrected chi connectivity index (χ0v) is 17.5. The molecule has 152 valence electrons. The van der Waals surface area contributed by atoms with E-state index in [-0.39, 0.29) is 11.6 Å². The Morgan fingerprint density at radius 1 is 0.967 bits per heavy atom. The molecule has 3 N–H and O–H groups in total. The lowest BCUT2D eigenvalue weighted by atomic mass is 10.0. The molecule has 5 nitrogen and oxygen atoms in total. The van der Waals surface area contributed by atoms with Gasteiger partial charge in [0.2, 0.25) is 0 Å². The highest BCUT2D eigenvalue weighted by Gasteiger charge is 2.19. The van der Waals surface area contributed by atoms with E-state index in [9.17, 15) is 10.2 Å². The van der Waals surface area contributed by atoms with Gasteiger partial charge < -0.3 is 20.1 Å². The van der Waals surface area contributed by atoms with Crippen molar-refractivity contribution in [1.29, 1.82) is 0 Å². The first-order chi connectivity index (χ1) is 14.4. The van der Waals surface area contributed by atoms with Gasteiger partial charge in [-0.1, -0.05) is 29.8 Å². The molecule has 0 aliphatic heterocycles. The fourth-order valence-electron chi connectivity index (χ4n) is 3.45. The van der Waals surface area contributed by atoms with Crippen molar-refractivity contribution in [3.63, 3.8) is 0 Å². The van der Waals surface area contributed by atoms with Crippen LogP contribution in [-0.2, 0) is 6.54 Å². The summed E-state index contributed by atoms with van der Waals surface area (Å²) in [7, 11) is 4.06. The number of hydrogen-bond acceptors (Lipinski definition) is 4. The third-order valence-electron chi connectivity index (χ3n) is 4.79. The van der Waals surface area contributed by atoms with Crippen molar-refractivity contribution in [2.75, 3.05) is 14.1 Å². The predicted octanol–water partition coefficient (Wildman–Crippen LogP) is 5.46. The highest BCUT2D eigenvalue weighted by molar-refractivity contribution is 6.31. The van der Waals surface area contributed by atoms with Crippen molar-refractivity contribution in [3.05, 3.63) is 88.4 Å². The zero-order chi connectivity index (χ0) is 21.3. The fourth-order valence-corrected chi connectivity index (χ4v) is 3.62. The number of phenolic OH excluding ortho intramolecular Hbond substituents is 1. The molecule has 0 radical (unpaired) electrons. The van der Waals surface area contributed by atoms with Gasteiger partial charge in [0.1, 0.15) is 5.75 Å². The van der Waals surface area contributed by atoms with E-state index >= 15 is 0 Å². The number of fused-ring (bicyclic) bond motifs is 1. The van der Waals surface area contributed by atoms with Gasteiger partial charge in [-0.15, -0.1) is 0 Å². The molecule has 0 saturated carbocycles. The summed E-state index contributed by atoms with van der Waals surface area (Å²) >= 11 is 6.11. The Kier molecular flexibility index (Phi) is 5.48. The van der Waals surface area contributed by atoms with E-state index < -0.39 is 0 Å². The van der Waals surface area contributed by atoms with Crippen molar-refractivity contribution >= 4 is 33.9 Å². The standard InChI is InChI=1S/C24H22ClN3O2/c1-28(2)14-15-3-8-18(9-4-15)26-23(16-5-10-19(29)11-6-16)22-20-12-7-17(25)13-21(20)27-24(22)30/h3-13,27,29-30H,14H2,1-2H3. The third kappa shape index (κ3) is 4.17. The zero-order valence-electron chi connectivity index (χ0n) is 16.7. The Morgan fingerprint density at radius 3 is 2.33 bits per heavy atom. The van der Waals surface area contributed by atoms with Crippen LogP contribution in [0.25, 0.3) is 10.9 Å². The number of nitrogens with zero attached hydrogens (tertiary/aromatic N) is 2. The molecular formula is C24H22ClN3O2. The Morgan fingerprint density at radius 2 is 1.67 bits per heavy atom.